The van der Waals surface area contributed by atoms with Crippen LogP contribution in [0, 0.1) is 10.1 Å². The van der Waals surface area contributed by atoms with Gasteiger partial charge in [-0.2, -0.15) is 23.3 Å². The smallest absolute Gasteiger partial charge is 0.362 e. The van der Waals surface area contributed by atoms with E-state index in [4.69, 9.17) is 0 Å². The molecule has 1 aromatic rings. The number of benzene rings is 1. The number of halogens is 3. The molecule has 1 amide bonds. The second-order valence-electron chi connectivity index (χ2n) is 5.32. The van der Waals surface area contributed by atoms with Crippen LogP contribution < -0.4 is 0 Å². The van der Waals surface area contributed by atoms with Gasteiger partial charge in [0.05, 0.1) is 11.3 Å². The lowest BCUT2D eigenvalue weighted by Gasteiger charge is -2.32. The minimum Gasteiger partial charge on any atom is -0.362 e. The third-order valence-corrected chi connectivity index (χ3v) is 3.64. The monoisotopic (exact) mass is 345 g/mol. The second-order valence-corrected chi connectivity index (χ2v) is 5.32. The molecule has 10 heteroatoms. The average Bonchev–Trinajstić information content (AvgIpc) is 2.86. The van der Waals surface area contributed by atoms with E-state index in [0.29, 0.717) is 0 Å². The summed E-state index contributed by atoms with van der Waals surface area (Å²) in [6.07, 6.45) is -6.16. The number of hydrogen-bond donors (Lipinski definition) is 1. The van der Waals surface area contributed by atoms with Gasteiger partial charge in [0.15, 0.2) is 0 Å². The number of carbonyl (C=O) groups excluding carboxylic acids is 1. The van der Waals surface area contributed by atoms with E-state index in [1.807, 2.05) is 0 Å². The third kappa shape index (κ3) is 3.23. The lowest BCUT2D eigenvalue weighted by Crippen LogP contribution is -2.57. The molecule has 1 N–H and O–H groups in total. The fourth-order valence-corrected chi connectivity index (χ4v) is 2.28. The number of rotatable bonds is 4. The first-order valence-electron chi connectivity index (χ1n) is 7.00. The number of hydrazone groups is 1. The molecular weight excluding hydrogens is 331 g/mol. The Morgan fingerprint density at radius 1 is 1.42 bits per heavy atom. The molecule has 0 saturated carbocycles. The van der Waals surface area contributed by atoms with Crippen molar-refractivity contribution in [3.63, 3.8) is 0 Å². The van der Waals surface area contributed by atoms with Crippen molar-refractivity contribution in [3.05, 3.63) is 39.9 Å². The van der Waals surface area contributed by atoms with Crippen LogP contribution in [0.15, 0.2) is 29.4 Å². The van der Waals surface area contributed by atoms with Crippen molar-refractivity contribution in [2.24, 2.45) is 5.10 Å². The number of nitro benzene ring substituents is 1. The summed E-state index contributed by atoms with van der Waals surface area (Å²) in [5.41, 5.74) is -3.23. The maximum absolute atomic E-state index is 13.2. The first kappa shape index (κ1) is 17.9. The van der Waals surface area contributed by atoms with Crippen LogP contribution in [0.4, 0.5) is 18.9 Å². The number of nitro groups is 1. The zero-order valence-corrected chi connectivity index (χ0v) is 12.6. The molecule has 0 saturated heterocycles. The molecule has 0 aromatic heterocycles. The van der Waals surface area contributed by atoms with Crippen molar-refractivity contribution < 1.29 is 28.0 Å². The predicted octanol–water partition coefficient (Wildman–Crippen LogP) is 2.39. The van der Waals surface area contributed by atoms with E-state index in [9.17, 15) is 33.2 Å². The van der Waals surface area contributed by atoms with Crippen LogP contribution in [-0.2, 0) is 11.2 Å². The molecule has 1 aliphatic heterocycles. The maximum atomic E-state index is 13.2. The van der Waals surface area contributed by atoms with Crippen LogP contribution in [0.3, 0.4) is 0 Å². The fraction of sp³-hybridized carbons (Fsp3) is 0.429. The summed E-state index contributed by atoms with van der Waals surface area (Å²) in [4.78, 5) is 22.1. The fourth-order valence-electron chi connectivity index (χ4n) is 2.28. The lowest BCUT2D eigenvalue weighted by atomic mass is 10.0. The lowest BCUT2D eigenvalue weighted by molar-refractivity contribution is -0.384. The largest absolute Gasteiger partial charge is 0.438 e. The number of non-ortho nitro benzene ring substituents is 1. The van der Waals surface area contributed by atoms with Crippen LogP contribution in [-0.4, -0.2) is 38.6 Å². The number of aliphatic hydroxyl groups is 1. The van der Waals surface area contributed by atoms with Gasteiger partial charge in [-0.3, -0.25) is 14.9 Å². The summed E-state index contributed by atoms with van der Waals surface area (Å²) in [6.45, 7) is 1.57. The molecule has 1 aliphatic rings. The molecule has 0 radical (unpaired) electrons. The highest BCUT2D eigenvalue weighted by atomic mass is 19.4. The van der Waals surface area contributed by atoms with E-state index in [2.05, 4.69) is 5.10 Å². The summed E-state index contributed by atoms with van der Waals surface area (Å²) in [5, 5.41) is 24.1. The average molecular weight is 345 g/mol. The summed E-state index contributed by atoms with van der Waals surface area (Å²) in [7, 11) is 0. The molecule has 1 aromatic carbocycles. The minimum absolute atomic E-state index is 0.0619. The topological polar surface area (TPSA) is 96.0 Å². The van der Waals surface area contributed by atoms with Gasteiger partial charge in [0.2, 0.25) is 5.91 Å². The van der Waals surface area contributed by atoms with E-state index in [1.54, 1.807) is 6.92 Å². The van der Waals surface area contributed by atoms with Crippen molar-refractivity contribution in [3.8, 4) is 0 Å². The highest BCUT2D eigenvalue weighted by Crippen LogP contribution is 2.40. The molecule has 24 heavy (non-hydrogen) atoms. The molecule has 7 nitrogen and oxygen atoms in total. The summed E-state index contributed by atoms with van der Waals surface area (Å²) in [6, 6.07) is 4.82. The number of hydrogen-bond acceptors (Lipinski definition) is 5. The first-order valence-corrected chi connectivity index (χ1v) is 7.00. The Balaban J connectivity index is 2.23. The first-order chi connectivity index (χ1) is 11.1. The predicted molar refractivity (Wildman–Crippen MR) is 77.0 cm³/mol. The Morgan fingerprint density at radius 3 is 2.46 bits per heavy atom. The Labute approximate surface area is 134 Å². The molecule has 0 bridgehead atoms. The van der Waals surface area contributed by atoms with Gasteiger partial charge in [0.25, 0.3) is 11.4 Å². The van der Waals surface area contributed by atoms with Gasteiger partial charge in [-0.1, -0.05) is 19.1 Å². The van der Waals surface area contributed by atoms with Crippen molar-refractivity contribution >= 4 is 17.3 Å². The third-order valence-electron chi connectivity index (χ3n) is 3.64. The Kier molecular flexibility index (Phi) is 4.61. The molecule has 1 heterocycles. The molecule has 1 atom stereocenters. The van der Waals surface area contributed by atoms with Crippen LogP contribution in [0.1, 0.15) is 25.3 Å². The summed E-state index contributed by atoms with van der Waals surface area (Å²) in [5.74, 6) is -1.05. The molecule has 0 unspecified atom stereocenters. The van der Waals surface area contributed by atoms with Gasteiger partial charge < -0.3 is 5.11 Å². The maximum Gasteiger partial charge on any atom is 0.438 e. The summed E-state index contributed by atoms with van der Waals surface area (Å²) >= 11 is 0. The highest BCUT2D eigenvalue weighted by Gasteiger charge is 2.62. The van der Waals surface area contributed by atoms with Gasteiger partial charge in [-0.05, 0) is 12.0 Å². The zero-order chi connectivity index (χ0) is 18.1. The Hall–Kier alpha value is -2.49. The Bertz CT molecular complexity index is 688. The van der Waals surface area contributed by atoms with Crippen LogP contribution >= 0.6 is 0 Å². The van der Waals surface area contributed by atoms with Gasteiger partial charge >= 0.3 is 6.18 Å². The van der Waals surface area contributed by atoms with Crippen molar-refractivity contribution in [2.75, 3.05) is 0 Å². The number of carbonyl (C=O) groups is 1. The van der Waals surface area contributed by atoms with Gasteiger partial charge in [0.1, 0.15) is 0 Å². The van der Waals surface area contributed by atoms with Crippen molar-refractivity contribution in [2.45, 2.75) is 38.1 Å². The van der Waals surface area contributed by atoms with E-state index >= 15 is 0 Å². The van der Waals surface area contributed by atoms with Crippen LogP contribution in [0.5, 0.6) is 0 Å². The molecule has 0 fully saturated rings. The quantitative estimate of drug-likeness (QED) is 0.669. The molecule has 0 spiro atoms. The van der Waals surface area contributed by atoms with E-state index in [-0.39, 0.29) is 28.4 Å². The molecule has 0 aliphatic carbocycles. The van der Waals surface area contributed by atoms with Gasteiger partial charge in [-0.15, -0.1) is 0 Å². The number of alkyl halides is 3. The second kappa shape index (κ2) is 6.19. The molecule has 2 rings (SSSR count). The normalized spacial score (nSPS) is 20.9. The van der Waals surface area contributed by atoms with Gasteiger partial charge in [-0.25, -0.2) is 0 Å². The van der Waals surface area contributed by atoms with Crippen LogP contribution in [0.25, 0.3) is 0 Å². The minimum atomic E-state index is -5.06. The SMILES string of the molecule is CCC1=NN(C(=O)Cc2ccc([N+](=O)[O-])cc2)[C@](O)(C(F)(F)F)C1. The van der Waals surface area contributed by atoms with E-state index in [1.165, 1.54) is 12.1 Å². The molecular formula is C14H14F3N3O4. The van der Waals surface area contributed by atoms with Gasteiger partial charge in [0, 0.05) is 24.3 Å². The molecule has 130 valence electrons. The Morgan fingerprint density at radius 2 is 2.00 bits per heavy atom. The zero-order valence-electron chi connectivity index (χ0n) is 12.6. The van der Waals surface area contributed by atoms with Crippen molar-refractivity contribution in [1.29, 1.82) is 0 Å². The summed E-state index contributed by atoms with van der Waals surface area (Å²) < 4.78 is 39.5. The van der Waals surface area contributed by atoms with Crippen molar-refractivity contribution in [1.82, 2.24) is 5.01 Å². The van der Waals surface area contributed by atoms with E-state index in [0.717, 1.165) is 12.1 Å². The highest BCUT2D eigenvalue weighted by molar-refractivity contribution is 5.91. The van der Waals surface area contributed by atoms with Crippen LogP contribution in [0.2, 0.25) is 0 Å². The van der Waals surface area contributed by atoms with E-state index < -0.39 is 35.6 Å². The number of amides is 1. The standard InChI is InChI=1S/C14H14F3N3O4/c1-2-10-8-13(22,14(15,16)17)19(18-10)12(21)7-9-3-5-11(6-4-9)20(23)24/h3-6,22H,2,7-8H2,1H3/t13-/m1/s1. The number of nitrogens with zero attached hydrogens (tertiary/aromatic N) is 3.